The minimum Gasteiger partial charge on any atom is -0.481 e. The zero-order chi connectivity index (χ0) is 30.0. The van der Waals surface area contributed by atoms with E-state index in [1.54, 1.807) is 24.3 Å². The number of carbonyl (C=O) groups is 4. The number of benzene rings is 2. The van der Waals surface area contributed by atoms with Gasteiger partial charge in [0, 0.05) is 42.8 Å². The highest BCUT2D eigenvalue weighted by Gasteiger charge is 2.28. The molecule has 0 bridgehead atoms. The van der Waals surface area contributed by atoms with E-state index in [1.807, 2.05) is 9.62 Å². The second-order valence-electron chi connectivity index (χ2n) is 8.49. The topological polar surface area (TPSA) is 223 Å². The van der Waals surface area contributed by atoms with Crippen molar-refractivity contribution in [2.75, 3.05) is 37.6 Å². The third kappa shape index (κ3) is 9.83. The number of aliphatic carboxylic acids is 2. The molecule has 1 aliphatic rings. The lowest BCUT2D eigenvalue weighted by Gasteiger charge is -2.35. The van der Waals surface area contributed by atoms with E-state index in [0.29, 0.717) is 17.1 Å². The summed E-state index contributed by atoms with van der Waals surface area (Å²) in [4.78, 5) is 48.5. The molecule has 1 heterocycles. The maximum absolute atomic E-state index is 12.6. The average Bonchev–Trinajstić information content (AvgIpc) is 2.87. The van der Waals surface area contributed by atoms with E-state index in [0.717, 1.165) is 12.6 Å². The van der Waals surface area contributed by atoms with Crippen molar-refractivity contribution in [3.63, 3.8) is 0 Å². The number of amidine groups is 1. The SMILES string of the molecule is CC(=O)O.N=C(N)c1ccc(N2CCN(CC(=O)NC[C@H](NS(=O)(=O)c3ccc(Cl)cc3)C(=O)O)C(=O)C2)cc1. The average molecular weight is 597 g/mol. The first-order valence-corrected chi connectivity index (χ1v) is 13.5. The summed E-state index contributed by atoms with van der Waals surface area (Å²) in [6.07, 6.45) is 0. The van der Waals surface area contributed by atoms with Gasteiger partial charge in [-0.1, -0.05) is 11.6 Å². The number of sulfonamides is 1. The van der Waals surface area contributed by atoms with E-state index in [4.69, 9.17) is 32.6 Å². The van der Waals surface area contributed by atoms with Crippen LogP contribution < -0.4 is 20.7 Å². The molecule has 14 nitrogen and oxygen atoms in total. The van der Waals surface area contributed by atoms with Gasteiger partial charge in [0.25, 0.3) is 5.97 Å². The van der Waals surface area contributed by atoms with Crippen LogP contribution in [0.25, 0.3) is 0 Å². The summed E-state index contributed by atoms with van der Waals surface area (Å²) >= 11 is 5.75. The number of nitrogens with two attached hydrogens (primary N) is 1. The number of carbonyl (C=O) groups excluding carboxylic acids is 2. The van der Waals surface area contributed by atoms with E-state index in [9.17, 15) is 27.9 Å². The lowest BCUT2D eigenvalue weighted by atomic mass is 10.1. The summed E-state index contributed by atoms with van der Waals surface area (Å²) in [6, 6.07) is 10.4. The molecule has 1 aliphatic heterocycles. The Labute approximate surface area is 235 Å². The minimum absolute atomic E-state index is 0.0331. The number of hydrogen-bond donors (Lipinski definition) is 6. The number of rotatable bonds is 10. The van der Waals surface area contributed by atoms with Crippen LogP contribution in [0.4, 0.5) is 5.69 Å². The molecule has 2 amide bonds. The fourth-order valence-electron chi connectivity index (χ4n) is 3.44. The third-order valence-electron chi connectivity index (χ3n) is 5.42. The van der Waals surface area contributed by atoms with Crippen LogP contribution in [0, 0.1) is 5.41 Å². The van der Waals surface area contributed by atoms with Crippen molar-refractivity contribution in [3.8, 4) is 0 Å². The predicted octanol–water partition coefficient (Wildman–Crippen LogP) is -0.0885. The molecule has 0 unspecified atom stereocenters. The van der Waals surface area contributed by atoms with Crippen LogP contribution >= 0.6 is 11.6 Å². The lowest BCUT2D eigenvalue weighted by molar-refractivity contribution is -0.139. The van der Waals surface area contributed by atoms with Gasteiger partial charge in [0.2, 0.25) is 21.8 Å². The standard InChI is InChI=1S/C22H25ClN6O6S.C2H4O2/c23-15-3-7-17(8-4-15)36(34,35)27-18(22(32)33)11-26-19(30)12-29-10-9-28(13-20(29)31)16-5-1-14(2-6-16)21(24)25;1-2(3)4/h1-8,18,27H,9-13H2,(H3,24,25)(H,26,30)(H,32,33);1H3,(H,3,4)/t18-;/m0./s1. The molecular formula is C24H29ClN6O8S. The van der Waals surface area contributed by atoms with Crippen molar-refractivity contribution in [3.05, 3.63) is 59.1 Å². The number of carboxylic acid groups (broad SMARTS) is 2. The van der Waals surface area contributed by atoms with Gasteiger partial charge < -0.3 is 31.1 Å². The van der Waals surface area contributed by atoms with Gasteiger partial charge in [0.05, 0.1) is 18.0 Å². The van der Waals surface area contributed by atoms with Crippen molar-refractivity contribution >= 4 is 56.9 Å². The number of nitrogens with zero attached hydrogens (tertiary/aromatic N) is 2. The van der Waals surface area contributed by atoms with Crippen molar-refractivity contribution in [2.45, 2.75) is 17.9 Å². The second-order valence-corrected chi connectivity index (χ2v) is 10.6. The lowest BCUT2D eigenvalue weighted by Crippen LogP contribution is -2.54. The van der Waals surface area contributed by atoms with Gasteiger partial charge in [-0.3, -0.25) is 24.6 Å². The van der Waals surface area contributed by atoms with Gasteiger partial charge in [-0.15, -0.1) is 0 Å². The van der Waals surface area contributed by atoms with E-state index >= 15 is 0 Å². The first-order chi connectivity index (χ1) is 18.7. The minimum atomic E-state index is -4.17. The van der Waals surface area contributed by atoms with Crippen LogP contribution in [0.15, 0.2) is 53.4 Å². The first-order valence-electron chi connectivity index (χ1n) is 11.6. The summed E-state index contributed by atoms with van der Waals surface area (Å²) < 4.78 is 27.0. The monoisotopic (exact) mass is 596 g/mol. The van der Waals surface area contributed by atoms with E-state index in [-0.39, 0.29) is 36.3 Å². The number of hydrogen-bond acceptors (Lipinski definition) is 8. The molecule has 1 saturated heterocycles. The van der Waals surface area contributed by atoms with E-state index < -0.39 is 40.5 Å². The van der Waals surface area contributed by atoms with Gasteiger partial charge in [0.15, 0.2) is 0 Å². The Balaban J connectivity index is 0.00000131. The highest BCUT2D eigenvalue weighted by Crippen LogP contribution is 2.18. The molecule has 1 atom stereocenters. The van der Waals surface area contributed by atoms with Crippen molar-refractivity contribution in [1.82, 2.24) is 14.9 Å². The first kappa shape index (κ1) is 32.0. The Kier molecular flexibility index (Phi) is 11.4. The Bertz CT molecular complexity index is 1350. The Morgan fingerprint density at radius 2 is 1.65 bits per heavy atom. The molecule has 3 rings (SSSR count). The normalized spacial score (nSPS) is 14.0. The summed E-state index contributed by atoms with van der Waals surface area (Å²) in [5.74, 6) is -3.30. The van der Waals surface area contributed by atoms with Crippen LogP contribution in [0.3, 0.4) is 0 Å². The molecular weight excluding hydrogens is 568 g/mol. The molecule has 0 spiro atoms. The fraction of sp³-hybridized carbons (Fsp3) is 0.292. The molecule has 2 aromatic rings. The molecule has 16 heteroatoms. The number of amides is 2. The number of carboxylic acids is 2. The van der Waals surface area contributed by atoms with Gasteiger partial charge in [-0.25, -0.2) is 8.42 Å². The highest BCUT2D eigenvalue weighted by atomic mass is 35.5. The quantitative estimate of drug-likeness (QED) is 0.158. The molecule has 0 radical (unpaired) electrons. The smallest absolute Gasteiger partial charge is 0.323 e. The van der Waals surface area contributed by atoms with Gasteiger partial charge >= 0.3 is 5.97 Å². The summed E-state index contributed by atoms with van der Waals surface area (Å²) in [5, 5.41) is 26.9. The van der Waals surface area contributed by atoms with Crippen LogP contribution in [0.1, 0.15) is 12.5 Å². The predicted molar refractivity (Wildman–Crippen MR) is 146 cm³/mol. The van der Waals surface area contributed by atoms with Crippen molar-refractivity contribution in [2.24, 2.45) is 5.73 Å². The molecule has 0 aromatic heterocycles. The van der Waals surface area contributed by atoms with Crippen LogP contribution in [0.5, 0.6) is 0 Å². The molecule has 216 valence electrons. The largest absolute Gasteiger partial charge is 0.481 e. The Morgan fingerprint density at radius 3 is 2.15 bits per heavy atom. The van der Waals surface area contributed by atoms with Crippen molar-refractivity contribution < 1.29 is 37.8 Å². The van der Waals surface area contributed by atoms with E-state index in [1.165, 1.54) is 29.2 Å². The van der Waals surface area contributed by atoms with Crippen molar-refractivity contribution in [1.29, 1.82) is 5.41 Å². The Morgan fingerprint density at radius 1 is 1.07 bits per heavy atom. The molecule has 7 N–H and O–H groups in total. The highest BCUT2D eigenvalue weighted by molar-refractivity contribution is 7.89. The van der Waals surface area contributed by atoms with E-state index in [2.05, 4.69) is 5.32 Å². The third-order valence-corrected chi connectivity index (χ3v) is 7.16. The summed E-state index contributed by atoms with van der Waals surface area (Å²) in [6.45, 7) is 1.01. The summed E-state index contributed by atoms with van der Waals surface area (Å²) in [5.41, 5.74) is 6.79. The molecule has 1 fully saturated rings. The zero-order valence-corrected chi connectivity index (χ0v) is 22.9. The zero-order valence-electron chi connectivity index (χ0n) is 21.3. The van der Waals surface area contributed by atoms with Crippen LogP contribution in [-0.2, 0) is 29.2 Å². The van der Waals surface area contributed by atoms with Gasteiger partial charge in [0.1, 0.15) is 11.9 Å². The molecule has 2 aromatic carbocycles. The number of nitrogens with one attached hydrogen (secondary N) is 3. The van der Waals surface area contributed by atoms with Gasteiger partial charge in [-0.05, 0) is 48.5 Å². The number of halogens is 1. The maximum Gasteiger partial charge on any atom is 0.323 e. The van der Waals surface area contributed by atoms with Crippen LogP contribution in [0.2, 0.25) is 5.02 Å². The van der Waals surface area contributed by atoms with Crippen LogP contribution in [-0.4, -0.2) is 91.9 Å². The number of piperazine rings is 1. The number of anilines is 1. The fourth-order valence-corrected chi connectivity index (χ4v) is 4.76. The Hall–Kier alpha value is -4.21. The molecule has 0 aliphatic carbocycles. The molecule has 0 saturated carbocycles. The summed E-state index contributed by atoms with van der Waals surface area (Å²) in [7, 11) is -4.17. The molecule has 40 heavy (non-hydrogen) atoms. The second kappa shape index (κ2) is 14.3. The van der Waals surface area contributed by atoms with Gasteiger partial charge in [-0.2, -0.15) is 4.72 Å². The number of nitrogen functional groups attached to an aromatic ring is 1. The maximum atomic E-state index is 12.6.